The first-order chi connectivity index (χ1) is 18.9. The van der Waals surface area contributed by atoms with Crippen LogP contribution in [-0.2, 0) is 11.2 Å². The maximum Gasteiger partial charge on any atom is 0.261 e. The van der Waals surface area contributed by atoms with Crippen LogP contribution in [0.3, 0.4) is 0 Å². The number of rotatable bonds is 12. The summed E-state index contributed by atoms with van der Waals surface area (Å²) in [5.74, 6) is 0.751. The number of nitrogens with zero attached hydrogens (tertiary/aromatic N) is 1. The van der Waals surface area contributed by atoms with E-state index < -0.39 is 36.8 Å². The van der Waals surface area contributed by atoms with Gasteiger partial charge in [0.1, 0.15) is 18.3 Å². The fourth-order valence-electron chi connectivity index (χ4n) is 4.47. The van der Waals surface area contributed by atoms with Crippen LogP contribution in [0.5, 0.6) is 17.4 Å². The zero-order valence-electron chi connectivity index (χ0n) is 25.2. The van der Waals surface area contributed by atoms with Crippen molar-refractivity contribution in [3.05, 3.63) is 58.4 Å². The van der Waals surface area contributed by atoms with Crippen molar-refractivity contribution >= 4 is 0 Å². The number of allylic oxidation sites excluding steroid dienone is 6. The molecule has 1 fully saturated rings. The number of ether oxygens (including phenoxy) is 4. The molecule has 0 radical (unpaired) electrons. The lowest BCUT2D eigenvalue weighted by molar-refractivity contribution is -0.268. The summed E-state index contributed by atoms with van der Waals surface area (Å²) in [7, 11) is 2.93. The smallest absolute Gasteiger partial charge is 0.261 e. The molecule has 1 aliphatic rings. The lowest BCUT2D eigenvalue weighted by Crippen LogP contribution is -2.58. The molecule has 1 aromatic heterocycles. The molecule has 9 nitrogen and oxygen atoms in total. The zero-order chi connectivity index (χ0) is 30.1. The summed E-state index contributed by atoms with van der Waals surface area (Å²) in [4.78, 5) is 4.61. The molecule has 0 bridgehead atoms. The second kappa shape index (κ2) is 15.3. The van der Waals surface area contributed by atoms with Crippen LogP contribution in [0.4, 0.5) is 0 Å². The number of hydrogen-bond acceptors (Lipinski definition) is 9. The van der Waals surface area contributed by atoms with Crippen LogP contribution in [-0.4, -0.2) is 76.4 Å². The number of pyridine rings is 1. The predicted octanol–water partition coefficient (Wildman–Crippen LogP) is 3.96. The van der Waals surface area contributed by atoms with Gasteiger partial charge in [0.05, 0.1) is 32.1 Å². The summed E-state index contributed by atoms with van der Waals surface area (Å²) in [6.07, 6.45) is 4.85. The van der Waals surface area contributed by atoms with E-state index in [1.807, 2.05) is 47.6 Å². The van der Waals surface area contributed by atoms with E-state index in [2.05, 4.69) is 29.3 Å². The molecule has 0 aliphatic carbocycles. The Hall–Kier alpha value is -2.69. The highest BCUT2D eigenvalue weighted by Crippen LogP contribution is 2.41. The van der Waals surface area contributed by atoms with Gasteiger partial charge in [-0.25, -0.2) is 4.98 Å². The van der Waals surface area contributed by atoms with Crippen molar-refractivity contribution in [2.75, 3.05) is 14.2 Å². The third-order valence-electron chi connectivity index (χ3n) is 7.26. The first-order valence-electron chi connectivity index (χ1n) is 13.6. The topological polar surface area (TPSA) is 131 Å². The van der Waals surface area contributed by atoms with Crippen molar-refractivity contribution in [3.63, 3.8) is 0 Å². The average molecular weight is 562 g/mol. The molecule has 0 saturated carbocycles. The maximum absolute atomic E-state index is 10.5. The van der Waals surface area contributed by atoms with Crippen LogP contribution < -0.4 is 14.2 Å². The molecule has 1 saturated heterocycles. The molecule has 40 heavy (non-hydrogen) atoms. The Balaban J connectivity index is 2.20. The Morgan fingerprint density at radius 3 is 2.33 bits per heavy atom. The van der Waals surface area contributed by atoms with Gasteiger partial charge in [-0.3, -0.25) is 0 Å². The Morgan fingerprint density at radius 2 is 1.73 bits per heavy atom. The van der Waals surface area contributed by atoms with Gasteiger partial charge in [-0.15, -0.1) is 0 Å². The average Bonchev–Trinajstić information content (AvgIpc) is 2.93. The quantitative estimate of drug-likeness (QED) is 0.221. The second-order valence-corrected chi connectivity index (χ2v) is 10.5. The maximum atomic E-state index is 10.5. The van der Waals surface area contributed by atoms with E-state index in [1.165, 1.54) is 14.2 Å². The van der Waals surface area contributed by atoms with E-state index in [0.29, 0.717) is 17.7 Å². The summed E-state index contributed by atoms with van der Waals surface area (Å²) in [6, 6.07) is 0. The predicted molar refractivity (Wildman–Crippen MR) is 155 cm³/mol. The van der Waals surface area contributed by atoms with Gasteiger partial charge in [0.25, 0.3) is 5.88 Å². The van der Waals surface area contributed by atoms with Gasteiger partial charge in [-0.1, -0.05) is 48.5 Å². The Labute approximate surface area is 238 Å². The highest BCUT2D eigenvalue weighted by atomic mass is 16.7. The van der Waals surface area contributed by atoms with Crippen molar-refractivity contribution in [3.8, 4) is 17.4 Å². The van der Waals surface area contributed by atoms with Crippen LogP contribution in [0.1, 0.15) is 59.2 Å². The number of aromatic nitrogens is 1. The van der Waals surface area contributed by atoms with Gasteiger partial charge < -0.3 is 39.4 Å². The minimum Gasteiger partial charge on any atom is -0.489 e. The molecule has 0 amide bonds. The second-order valence-electron chi connectivity index (χ2n) is 10.5. The third-order valence-corrected chi connectivity index (χ3v) is 7.26. The molecule has 1 aromatic rings. The first-order valence-corrected chi connectivity index (χ1v) is 13.6. The van der Waals surface area contributed by atoms with Crippen molar-refractivity contribution in [1.29, 1.82) is 0 Å². The molecular formula is C31H47NO8. The van der Waals surface area contributed by atoms with Crippen molar-refractivity contribution in [1.82, 2.24) is 4.98 Å². The van der Waals surface area contributed by atoms with Gasteiger partial charge >= 0.3 is 0 Å². The largest absolute Gasteiger partial charge is 0.489 e. The lowest BCUT2D eigenvalue weighted by Gasteiger charge is -2.39. The third kappa shape index (κ3) is 8.41. The standard InChI is InChI=1S/C31H47NO8/c1-10-19(4)24(33)20(5)16-18(3)13-11-12-17(2)14-15-23-21(6)28(29(37-8)30(32-23)38-9)40-31-27(36)26(35)25(34)22(7)39-31/h10-11,13-14,16,20,22,24-27,31,33-36H,12,15H2,1-9H3/t20-,22+,24+,25+,26-,27-,31-/m1/s1. The van der Waals surface area contributed by atoms with Crippen LogP contribution in [0.15, 0.2) is 47.1 Å². The van der Waals surface area contributed by atoms with Crippen molar-refractivity contribution in [2.45, 2.75) is 98.1 Å². The zero-order valence-corrected chi connectivity index (χ0v) is 25.2. The highest BCUT2D eigenvalue weighted by Gasteiger charge is 2.43. The number of aliphatic hydroxyl groups excluding tert-OH is 4. The fourth-order valence-corrected chi connectivity index (χ4v) is 4.47. The van der Waals surface area contributed by atoms with Gasteiger partial charge in [-0.2, -0.15) is 0 Å². The van der Waals surface area contributed by atoms with Gasteiger partial charge in [0.2, 0.25) is 12.0 Å². The Morgan fingerprint density at radius 1 is 1.05 bits per heavy atom. The number of aliphatic hydroxyl groups is 4. The molecule has 0 unspecified atom stereocenters. The lowest BCUT2D eigenvalue weighted by atomic mass is 9.96. The van der Waals surface area contributed by atoms with Crippen LogP contribution in [0, 0.1) is 12.8 Å². The number of methoxy groups -OCH3 is 2. The fraction of sp³-hybridized carbons (Fsp3) is 0.581. The Kier molecular flexibility index (Phi) is 12.9. The molecule has 7 atom stereocenters. The molecule has 9 heteroatoms. The molecule has 2 heterocycles. The summed E-state index contributed by atoms with van der Waals surface area (Å²) >= 11 is 0. The van der Waals surface area contributed by atoms with Gasteiger partial charge in [0.15, 0.2) is 5.75 Å². The minimum atomic E-state index is -1.47. The van der Waals surface area contributed by atoms with Crippen molar-refractivity contribution in [2.24, 2.45) is 5.92 Å². The summed E-state index contributed by atoms with van der Waals surface area (Å²) in [6.45, 7) is 13.3. The minimum absolute atomic E-state index is 0.0182. The van der Waals surface area contributed by atoms with Gasteiger partial charge in [-0.05, 0) is 53.5 Å². The monoisotopic (exact) mass is 561 g/mol. The molecule has 0 spiro atoms. The first kappa shape index (κ1) is 33.5. The van der Waals surface area contributed by atoms with Crippen molar-refractivity contribution < 1.29 is 39.4 Å². The molecule has 4 N–H and O–H groups in total. The van der Waals surface area contributed by atoms with E-state index in [0.717, 1.165) is 23.1 Å². The van der Waals surface area contributed by atoms with E-state index in [-0.39, 0.29) is 23.3 Å². The molecule has 224 valence electrons. The molecule has 2 rings (SSSR count). The van der Waals surface area contributed by atoms with E-state index in [1.54, 1.807) is 6.92 Å². The summed E-state index contributed by atoms with van der Waals surface area (Å²) in [5, 5.41) is 41.0. The number of hydrogen-bond donors (Lipinski definition) is 4. The summed E-state index contributed by atoms with van der Waals surface area (Å²) in [5.41, 5.74) is 4.54. The normalized spacial score (nSPS) is 26.1. The van der Waals surface area contributed by atoms with Gasteiger partial charge in [0, 0.05) is 17.9 Å². The molecule has 0 aromatic carbocycles. The van der Waals surface area contributed by atoms with E-state index in [9.17, 15) is 20.4 Å². The Bertz CT molecular complexity index is 1110. The highest BCUT2D eigenvalue weighted by molar-refractivity contribution is 5.54. The van der Waals surface area contributed by atoms with Crippen LogP contribution >= 0.6 is 0 Å². The summed E-state index contributed by atoms with van der Waals surface area (Å²) < 4.78 is 22.6. The van der Waals surface area contributed by atoms with E-state index >= 15 is 0 Å². The van der Waals surface area contributed by atoms with E-state index in [4.69, 9.17) is 18.9 Å². The SMILES string of the molecule is CC=C(C)[C@H](O)[C@H](C)C=C(C)C=CCC(C)=CCc1nc(OC)c(OC)c(O[C@H]2O[C@@H](C)[C@H](O)[C@@H](O)[C@H]2O)c1C. The van der Waals surface area contributed by atoms with Crippen LogP contribution in [0.2, 0.25) is 0 Å². The molecule has 1 aliphatic heterocycles. The molecular weight excluding hydrogens is 514 g/mol. The van der Waals surface area contributed by atoms with Crippen LogP contribution in [0.25, 0.3) is 0 Å².